The third-order valence-electron chi connectivity index (χ3n) is 1.46. The molecule has 1 fully saturated rings. The molecule has 0 aliphatic carbocycles. The average Bonchev–Trinajstić information content (AvgIpc) is 1.95. The highest BCUT2D eigenvalue weighted by Gasteiger charge is 2.36. The van der Waals surface area contributed by atoms with Crippen molar-refractivity contribution in [1.29, 1.82) is 0 Å². The van der Waals surface area contributed by atoms with E-state index in [9.17, 15) is 9.59 Å². The standard InChI is InChI=1S/C6H10N2O3/c1-4(9)7-8-5(10)3-6(8)11-2/h6H,3H2,1-2H3,(H,7,9)/t6-/m1/s1. The number of amides is 2. The van der Waals surface area contributed by atoms with Crippen LogP contribution in [0.3, 0.4) is 0 Å². The van der Waals surface area contributed by atoms with Gasteiger partial charge < -0.3 is 4.74 Å². The van der Waals surface area contributed by atoms with Crippen molar-refractivity contribution in [1.82, 2.24) is 10.4 Å². The summed E-state index contributed by atoms with van der Waals surface area (Å²) in [6, 6.07) is 0. The van der Waals surface area contributed by atoms with Gasteiger partial charge in [0.15, 0.2) is 6.23 Å². The van der Waals surface area contributed by atoms with E-state index < -0.39 is 0 Å². The predicted octanol–water partition coefficient (Wildman–Crippen LogP) is -0.758. The maximum Gasteiger partial charge on any atom is 0.248 e. The fraction of sp³-hybridized carbons (Fsp3) is 0.667. The molecule has 1 atom stereocenters. The number of nitrogens with zero attached hydrogens (tertiary/aromatic N) is 1. The van der Waals surface area contributed by atoms with Crippen LogP contribution >= 0.6 is 0 Å². The summed E-state index contributed by atoms with van der Waals surface area (Å²) in [5.41, 5.74) is 2.35. The molecule has 62 valence electrons. The minimum absolute atomic E-state index is 0.118. The topological polar surface area (TPSA) is 58.6 Å². The summed E-state index contributed by atoms with van der Waals surface area (Å²) in [6.07, 6.45) is 0.0583. The maximum atomic E-state index is 10.8. The molecule has 0 unspecified atom stereocenters. The van der Waals surface area contributed by atoms with Gasteiger partial charge in [-0.3, -0.25) is 15.0 Å². The van der Waals surface area contributed by atoms with Crippen molar-refractivity contribution in [3.05, 3.63) is 0 Å². The molecule has 1 heterocycles. The lowest BCUT2D eigenvalue weighted by Gasteiger charge is -2.38. The van der Waals surface area contributed by atoms with Crippen molar-refractivity contribution in [3.8, 4) is 0 Å². The lowest BCUT2D eigenvalue weighted by atomic mass is 10.2. The number of nitrogens with one attached hydrogen (secondary N) is 1. The summed E-state index contributed by atoms with van der Waals surface area (Å²) < 4.78 is 4.86. The van der Waals surface area contributed by atoms with Crippen molar-refractivity contribution < 1.29 is 14.3 Å². The van der Waals surface area contributed by atoms with Gasteiger partial charge in [-0.25, -0.2) is 5.01 Å². The van der Waals surface area contributed by atoms with Gasteiger partial charge in [0.05, 0.1) is 6.42 Å². The van der Waals surface area contributed by atoms with Crippen LogP contribution in [-0.4, -0.2) is 30.2 Å². The van der Waals surface area contributed by atoms with E-state index in [0.717, 1.165) is 0 Å². The molecule has 2 amide bonds. The van der Waals surface area contributed by atoms with Crippen LogP contribution in [-0.2, 0) is 14.3 Å². The zero-order valence-corrected chi connectivity index (χ0v) is 6.46. The van der Waals surface area contributed by atoms with Crippen molar-refractivity contribution in [2.45, 2.75) is 19.6 Å². The van der Waals surface area contributed by atoms with Gasteiger partial charge in [0.1, 0.15) is 0 Å². The first-order valence-corrected chi connectivity index (χ1v) is 3.27. The van der Waals surface area contributed by atoms with Crippen molar-refractivity contribution in [2.75, 3.05) is 7.11 Å². The number of hydrazine groups is 1. The molecule has 0 spiro atoms. The molecule has 1 rings (SSSR count). The molecule has 11 heavy (non-hydrogen) atoms. The van der Waals surface area contributed by atoms with Gasteiger partial charge in [-0.05, 0) is 0 Å². The molecule has 1 N–H and O–H groups in total. The Morgan fingerprint density at radius 1 is 1.82 bits per heavy atom. The Bertz CT molecular complexity index is 192. The zero-order chi connectivity index (χ0) is 8.43. The van der Waals surface area contributed by atoms with Crippen LogP contribution in [0.25, 0.3) is 0 Å². The molecule has 1 saturated heterocycles. The molecular weight excluding hydrogens is 148 g/mol. The summed E-state index contributed by atoms with van der Waals surface area (Å²) >= 11 is 0. The lowest BCUT2D eigenvalue weighted by Crippen LogP contribution is -2.61. The highest BCUT2D eigenvalue weighted by atomic mass is 16.5. The van der Waals surface area contributed by atoms with Gasteiger partial charge in [-0.1, -0.05) is 0 Å². The van der Waals surface area contributed by atoms with Gasteiger partial charge in [0.25, 0.3) is 0 Å². The molecule has 5 heteroatoms. The Morgan fingerprint density at radius 3 is 2.82 bits per heavy atom. The molecule has 5 nitrogen and oxygen atoms in total. The highest BCUT2D eigenvalue weighted by Crippen LogP contribution is 2.15. The predicted molar refractivity (Wildman–Crippen MR) is 36.1 cm³/mol. The second-order valence-corrected chi connectivity index (χ2v) is 2.33. The van der Waals surface area contributed by atoms with Gasteiger partial charge in [0.2, 0.25) is 11.8 Å². The van der Waals surface area contributed by atoms with E-state index in [-0.39, 0.29) is 18.0 Å². The fourth-order valence-electron chi connectivity index (χ4n) is 0.880. The Labute approximate surface area is 64.3 Å². The fourth-order valence-corrected chi connectivity index (χ4v) is 0.880. The summed E-state index contributed by atoms with van der Waals surface area (Å²) in [7, 11) is 1.49. The van der Waals surface area contributed by atoms with Crippen LogP contribution < -0.4 is 5.43 Å². The van der Waals surface area contributed by atoms with E-state index in [0.29, 0.717) is 6.42 Å². The van der Waals surface area contributed by atoms with Gasteiger partial charge in [-0.2, -0.15) is 0 Å². The van der Waals surface area contributed by atoms with Crippen LogP contribution in [0.2, 0.25) is 0 Å². The van der Waals surface area contributed by atoms with Crippen LogP contribution in [0.15, 0.2) is 0 Å². The van der Waals surface area contributed by atoms with Crippen molar-refractivity contribution in [2.24, 2.45) is 0 Å². The molecule has 0 saturated carbocycles. The first-order valence-electron chi connectivity index (χ1n) is 3.27. The highest BCUT2D eigenvalue weighted by molar-refractivity contribution is 5.85. The molecule has 0 radical (unpaired) electrons. The molecule has 0 bridgehead atoms. The summed E-state index contributed by atoms with van der Waals surface area (Å²) in [4.78, 5) is 21.3. The maximum absolute atomic E-state index is 10.8. The van der Waals surface area contributed by atoms with E-state index in [1.807, 2.05) is 0 Å². The largest absolute Gasteiger partial charge is 0.359 e. The average molecular weight is 158 g/mol. The molecule has 0 aromatic rings. The number of carbonyl (C=O) groups is 2. The second-order valence-electron chi connectivity index (χ2n) is 2.33. The minimum Gasteiger partial charge on any atom is -0.359 e. The van der Waals surface area contributed by atoms with Crippen molar-refractivity contribution >= 4 is 11.8 Å². The van der Waals surface area contributed by atoms with Gasteiger partial charge in [0, 0.05) is 14.0 Å². The van der Waals surface area contributed by atoms with E-state index >= 15 is 0 Å². The lowest BCUT2D eigenvalue weighted by molar-refractivity contribution is -0.181. The first-order chi connectivity index (χ1) is 5.15. The van der Waals surface area contributed by atoms with Gasteiger partial charge >= 0.3 is 0 Å². The zero-order valence-electron chi connectivity index (χ0n) is 6.46. The second kappa shape index (κ2) is 2.87. The number of rotatable bonds is 2. The molecule has 1 aliphatic rings. The minimum atomic E-state index is -0.286. The Morgan fingerprint density at radius 2 is 2.45 bits per heavy atom. The monoisotopic (exact) mass is 158 g/mol. The van der Waals surface area contributed by atoms with E-state index in [4.69, 9.17) is 4.74 Å². The van der Waals surface area contributed by atoms with Crippen LogP contribution in [0.1, 0.15) is 13.3 Å². The number of methoxy groups -OCH3 is 1. The Balaban J connectivity index is 2.42. The first kappa shape index (κ1) is 8.00. The van der Waals surface area contributed by atoms with Crippen LogP contribution in [0, 0.1) is 0 Å². The smallest absolute Gasteiger partial charge is 0.248 e. The van der Waals surface area contributed by atoms with E-state index in [1.54, 1.807) is 0 Å². The Kier molecular flexibility index (Phi) is 2.09. The molecule has 0 aromatic heterocycles. The molecule has 0 aromatic carbocycles. The SMILES string of the molecule is CO[C@@H]1CC(=O)N1NC(C)=O. The van der Waals surface area contributed by atoms with Crippen molar-refractivity contribution in [3.63, 3.8) is 0 Å². The Hall–Kier alpha value is -1.10. The summed E-state index contributed by atoms with van der Waals surface area (Å²) in [5, 5.41) is 1.18. The molecular formula is C6H10N2O3. The third-order valence-corrected chi connectivity index (χ3v) is 1.46. The van der Waals surface area contributed by atoms with Gasteiger partial charge in [-0.15, -0.1) is 0 Å². The summed E-state index contributed by atoms with van der Waals surface area (Å²) in [5.74, 6) is -0.382. The quantitative estimate of drug-likeness (QED) is 0.537. The number of hydrogen-bond donors (Lipinski definition) is 1. The number of carbonyl (C=O) groups excluding carboxylic acids is 2. The number of hydrogen-bond acceptors (Lipinski definition) is 3. The number of β-lactam (4-membered cyclic amide) rings is 1. The third kappa shape index (κ3) is 1.48. The normalized spacial score (nSPS) is 22.9. The summed E-state index contributed by atoms with van der Waals surface area (Å²) in [6.45, 7) is 1.35. The van der Waals surface area contributed by atoms with Crippen LogP contribution in [0.5, 0.6) is 0 Å². The van der Waals surface area contributed by atoms with E-state index in [1.165, 1.54) is 19.0 Å². The number of ether oxygens (including phenoxy) is 1. The van der Waals surface area contributed by atoms with E-state index in [2.05, 4.69) is 5.43 Å². The van der Waals surface area contributed by atoms with Crippen LogP contribution in [0.4, 0.5) is 0 Å². The molecule has 1 aliphatic heterocycles.